The molecule has 0 aromatic rings. The van der Waals surface area contributed by atoms with E-state index in [1.165, 1.54) is 11.8 Å². The molecule has 0 bridgehead atoms. The largest absolute Gasteiger partial charge is 0.340 e. The molecular formula is C9H17N3O2S. The molecule has 1 aliphatic rings. The highest BCUT2D eigenvalue weighted by atomic mass is 32.2. The summed E-state index contributed by atoms with van der Waals surface area (Å²) in [6, 6.07) is 0.0165. The van der Waals surface area contributed by atoms with E-state index in [4.69, 9.17) is 5.73 Å². The maximum absolute atomic E-state index is 11.7. The van der Waals surface area contributed by atoms with Crippen molar-refractivity contribution in [3.8, 4) is 0 Å². The van der Waals surface area contributed by atoms with Gasteiger partial charge in [0, 0.05) is 19.6 Å². The standard InChI is InChI=1S/C9H17N3O2S/c1-7(3-10)11(2)8(13)4-12-6-15-5-9(12)14/h7H,3-6,10H2,1-2H3. The van der Waals surface area contributed by atoms with Gasteiger partial charge in [0.05, 0.1) is 11.6 Å². The van der Waals surface area contributed by atoms with Crippen molar-refractivity contribution in [3.05, 3.63) is 0 Å². The van der Waals surface area contributed by atoms with E-state index in [9.17, 15) is 9.59 Å². The first-order chi connectivity index (χ1) is 7.06. The lowest BCUT2D eigenvalue weighted by Crippen LogP contribution is -2.45. The van der Waals surface area contributed by atoms with Crippen LogP contribution < -0.4 is 5.73 Å². The minimum atomic E-state index is -0.0520. The summed E-state index contributed by atoms with van der Waals surface area (Å²) in [5.74, 6) is 1.10. The quantitative estimate of drug-likeness (QED) is 0.696. The molecule has 2 N–H and O–H groups in total. The third-order valence-electron chi connectivity index (χ3n) is 2.55. The van der Waals surface area contributed by atoms with Gasteiger partial charge in [-0.15, -0.1) is 11.8 Å². The molecule has 6 heteroatoms. The molecule has 15 heavy (non-hydrogen) atoms. The Kier molecular flexibility index (Phi) is 4.41. The van der Waals surface area contributed by atoms with Crippen molar-refractivity contribution in [1.82, 2.24) is 9.80 Å². The predicted octanol–water partition coefficient (Wildman–Crippen LogP) is -0.675. The minimum Gasteiger partial charge on any atom is -0.340 e. The number of hydrogen-bond donors (Lipinski definition) is 1. The molecule has 1 unspecified atom stereocenters. The Balaban J connectivity index is 2.44. The second kappa shape index (κ2) is 5.37. The van der Waals surface area contributed by atoms with Crippen molar-refractivity contribution in [3.63, 3.8) is 0 Å². The van der Waals surface area contributed by atoms with Gasteiger partial charge in [-0.3, -0.25) is 9.59 Å². The second-order valence-electron chi connectivity index (χ2n) is 3.66. The molecule has 1 atom stereocenters. The number of nitrogens with two attached hydrogens (primary N) is 1. The van der Waals surface area contributed by atoms with Crippen molar-refractivity contribution in [2.45, 2.75) is 13.0 Å². The average Bonchev–Trinajstić information content (AvgIpc) is 2.62. The number of hydrogen-bond acceptors (Lipinski definition) is 4. The van der Waals surface area contributed by atoms with Gasteiger partial charge in [-0.1, -0.05) is 0 Å². The number of carbonyl (C=O) groups is 2. The maximum atomic E-state index is 11.7. The van der Waals surface area contributed by atoms with Crippen LogP contribution >= 0.6 is 11.8 Å². The molecule has 0 aliphatic carbocycles. The smallest absolute Gasteiger partial charge is 0.242 e. The topological polar surface area (TPSA) is 66.6 Å². The zero-order chi connectivity index (χ0) is 11.4. The second-order valence-corrected chi connectivity index (χ2v) is 4.61. The van der Waals surface area contributed by atoms with Crippen LogP contribution in [-0.4, -0.2) is 59.4 Å². The Labute approximate surface area is 94.0 Å². The molecule has 0 aromatic heterocycles. The van der Waals surface area contributed by atoms with Gasteiger partial charge in [-0.25, -0.2) is 0 Å². The van der Waals surface area contributed by atoms with E-state index in [1.807, 2.05) is 6.92 Å². The Bertz CT molecular complexity index is 260. The number of thioether (sulfide) groups is 1. The van der Waals surface area contributed by atoms with Gasteiger partial charge >= 0.3 is 0 Å². The lowest BCUT2D eigenvalue weighted by Gasteiger charge is -2.25. The van der Waals surface area contributed by atoms with Crippen LogP contribution in [0.4, 0.5) is 0 Å². The van der Waals surface area contributed by atoms with Crippen molar-refractivity contribution < 1.29 is 9.59 Å². The first kappa shape index (κ1) is 12.3. The number of likely N-dealkylation sites (N-methyl/N-ethyl adjacent to an activating group) is 1. The van der Waals surface area contributed by atoms with Crippen LogP contribution in [0.1, 0.15) is 6.92 Å². The SMILES string of the molecule is CC(CN)N(C)C(=O)CN1CSCC1=O. The molecule has 1 fully saturated rings. The van der Waals surface area contributed by atoms with Crippen LogP contribution in [0, 0.1) is 0 Å². The summed E-state index contributed by atoms with van der Waals surface area (Å²) in [7, 11) is 1.72. The predicted molar refractivity (Wildman–Crippen MR) is 60.3 cm³/mol. The van der Waals surface area contributed by atoms with E-state index in [0.717, 1.165) is 0 Å². The highest BCUT2D eigenvalue weighted by Gasteiger charge is 2.25. The molecule has 86 valence electrons. The summed E-state index contributed by atoms with van der Waals surface area (Å²) < 4.78 is 0. The number of rotatable bonds is 4. The summed E-state index contributed by atoms with van der Waals surface area (Å²) in [5, 5.41) is 0. The van der Waals surface area contributed by atoms with Crippen LogP contribution in [0.15, 0.2) is 0 Å². The summed E-state index contributed by atoms with van der Waals surface area (Å²) in [6.45, 7) is 2.50. The zero-order valence-electron chi connectivity index (χ0n) is 9.10. The fraction of sp³-hybridized carbons (Fsp3) is 0.778. The van der Waals surface area contributed by atoms with Crippen molar-refractivity contribution in [2.75, 3.05) is 31.8 Å². The molecule has 0 saturated carbocycles. The molecule has 0 radical (unpaired) electrons. The van der Waals surface area contributed by atoms with Gasteiger partial charge in [0.2, 0.25) is 11.8 Å². The summed E-state index contributed by atoms with van der Waals surface area (Å²) in [4.78, 5) is 26.2. The van der Waals surface area contributed by atoms with Crippen molar-refractivity contribution in [2.24, 2.45) is 5.73 Å². The third-order valence-corrected chi connectivity index (χ3v) is 3.49. The van der Waals surface area contributed by atoms with E-state index >= 15 is 0 Å². The van der Waals surface area contributed by atoms with E-state index in [1.54, 1.807) is 16.8 Å². The number of nitrogens with zero attached hydrogens (tertiary/aromatic N) is 2. The molecule has 5 nitrogen and oxygen atoms in total. The fourth-order valence-corrected chi connectivity index (χ4v) is 2.12. The summed E-state index contributed by atoms with van der Waals surface area (Å²) >= 11 is 1.54. The molecule has 1 rings (SSSR count). The maximum Gasteiger partial charge on any atom is 0.242 e. The average molecular weight is 231 g/mol. The van der Waals surface area contributed by atoms with Crippen LogP contribution in [0.2, 0.25) is 0 Å². The van der Waals surface area contributed by atoms with E-state index in [0.29, 0.717) is 18.2 Å². The normalized spacial score (nSPS) is 18.1. The Morgan fingerprint density at radius 3 is 2.87 bits per heavy atom. The number of carbonyl (C=O) groups excluding carboxylic acids is 2. The van der Waals surface area contributed by atoms with E-state index < -0.39 is 0 Å². The Hall–Kier alpha value is -0.750. The lowest BCUT2D eigenvalue weighted by molar-refractivity contribution is -0.138. The molecule has 1 aliphatic heterocycles. The zero-order valence-corrected chi connectivity index (χ0v) is 9.92. The van der Waals surface area contributed by atoms with Crippen LogP contribution in [0.5, 0.6) is 0 Å². The molecule has 1 heterocycles. The first-order valence-electron chi connectivity index (χ1n) is 4.87. The van der Waals surface area contributed by atoms with Crippen molar-refractivity contribution >= 4 is 23.6 Å². The van der Waals surface area contributed by atoms with Gasteiger partial charge in [-0.05, 0) is 6.92 Å². The Morgan fingerprint density at radius 2 is 2.40 bits per heavy atom. The summed E-state index contributed by atoms with van der Waals surface area (Å²) in [5.41, 5.74) is 5.47. The molecule has 0 aromatic carbocycles. The van der Waals surface area contributed by atoms with Gasteiger partial charge in [0.15, 0.2) is 0 Å². The van der Waals surface area contributed by atoms with Gasteiger partial charge in [-0.2, -0.15) is 0 Å². The van der Waals surface area contributed by atoms with Crippen LogP contribution in [0.25, 0.3) is 0 Å². The monoisotopic (exact) mass is 231 g/mol. The van der Waals surface area contributed by atoms with Gasteiger partial charge in [0.1, 0.15) is 6.54 Å². The van der Waals surface area contributed by atoms with Gasteiger partial charge < -0.3 is 15.5 Å². The van der Waals surface area contributed by atoms with Crippen LogP contribution in [0.3, 0.4) is 0 Å². The molecule has 2 amide bonds. The molecule has 1 saturated heterocycles. The third kappa shape index (κ3) is 3.10. The highest BCUT2D eigenvalue weighted by Crippen LogP contribution is 2.14. The lowest BCUT2D eigenvalue weighted by atomic mass is 10.3. The van der Waals surface area contributed by atoms with Gasteiger partial charge in [0.25, 0.3) is 0 Å². The Morgan fingerprint density at radius 1 is 1.73 bits per heavy atom. The van der Waals surface area contributed by atoms with Crippen LogP contribution in [-0.2, 0) is 9.59 Å². The fourth-order valence-electron chi connectivity index (χ4n) is 1.22. The van der Waals surface area contributed by atoms with E-state index in [2.05, 4.69) is 0 Å². The number of amides is 2. The highest BCUT2D eigenvalue weighted by molar-refractivity contribution is 8.00. The van der Waals surface area contributed by atoms with E-state index in [-0.39, 0.29) is 24.4 Å². The minimum absolute atomic E-state index is 0.0165. The molecular weight excluding hydrogens is 214 g/mol. The summed E-state index contributed by atoms with van der Waals surface area (Å²) in [6.07, 6.45) is 0. The first-order valence-corrected chi connectivity index (χ1v) is 6.03. The van der Waals surface area contributed by atoms with Crippen molar-refractivity contribution in [1.29, 1.82) is 0 Å². The molecule has 0 spiro atoms.